The first-order chi connectivity index (χ1) is 4.35. The minimum atomic E-state index is 0.753. The van der Waals surface area contributed by atoms with E-state index in [-0.39, 0.29) is 0 Å². The van der Waals surface area contributed by atoms with Gasteiger partial charge in [0.2, 0.25) is 0 Å². The zero-order valence-corrected chi connectivity index (χ0v) is 6.43. The Kier molecular flexibility index (Phi) is 5.29. The molecule has 0 unspecified atom stereocenters. The van der Waals surface area contributed by atoms with Crippen LogP contribution in [0.3, 0.4) is 0 Å². The van der Waals surface area contributed by atoms with Gasteiger partial charge in [-0.2, -0.15) is 0 Å². The number of hydrogen-bond donors (Lipinski definition) is 0. The fraction of sp³-hybridized carbons (Fsp3) is 0.556. The van der Waals surface area contributed by atoms with Gasteiger partial charge in [-0.1, -0.05) is 38.7 Å². The maximum Gasteiger partial charge on any atom is -0.0236 e. The molecule has 0 saturated heterocycles. The van der Waals surface area contributed by atoms with Crippen LogP contribution < -0.4 is 0 Å². The van der Waals surface area contributed by atoms with Crippen LogP contribution in [-0.4, -0.2) is 0 Å². The molecule has 0 amide bonds. The smallest absolute Gasteiger partial charge is 0.0236 e. The molecule has 0 nitrogen and oxygen atoms in total. The average molecular weight is 124 g/mol. The molecule has 0 aliphatic rings. The second-order valence-electron chi connectivity index (χ2n) is 2.20. The van der Waals surface area contributed by atoms with E-state index in [1.165, 1.54) is 12.8 Å². The maximum absolute atomic E-state index is 3.61. The molecule has 0 atom stereocenters. The summed E-state index contributed by atoms with van der Waals surface area (Å²) in [6.07, 6.45) is 8.55. The van der Waals surface area contributed by atoms with Crippen molar-refractivity contribution in [1.29, 1.82) is 0 Å². The highest BCUT2D eigenvalue weighted by Gasteiger charge is 1.93. The Balaban J connectivity index is 3.53. The van der Waals surface area contributed by atoms with E-state index < -0.39 is 0 Å². The summed E-state index contributed by atoms with van der Waals surface area (Å²) in [5, 5.41) is 0. The van der Waals surface area contributed by atoms with Gasteiger partial charge in [-0.15, -0.1) is 0 Å². The topological polar surface area (TPSA) is 0 Å². The van der Waals surface area contributed by atoms with Crippen molar-refractivity contribution in [3.8, 4) is 0 Å². The van der Waals surface area contributed by atoms with Crippen molar-refractivity contribution < 1.29 is 0 Å². The predicted molar refractivity (Wildman–Crippen MR) is 43.4 cm³/mol. The normalized spacial score (nSPS) is 11.0. The van der Waals surface area contributed by atoms with Crippen LogP contribution in [0.25, 0.3) is 0 Å². The Morgan fingerprint density at radius 2 is 1.89 bits per heavy atom. The highest BCUT2D eigenvalue weighted by atomic mass is 14.0. The second kappa shape index (κ2) is 5.61. The highest BCUT2D eigenvalue weighted by molar-refractivity contribution is 4.99. The van der Waals surface area contributed by atoms with Crippen molar-refractivity contribution in [2.45, 2.75) is 26.7 Å². The summed E-state index contributed by atoms with van der Waals surface area (Å²) in [5.41, 5.74) is 0. The van der Waals surface area contributed by atoms with Crippen LogP contribution in [-0.2, 0) is 0 Å². The van der Waals surface area contributed by atoms with Gasteiger partial charge in [-0.3, -0.25) is 0 Å². The molecule has 0 spiro atoms. The molecule has 52 valence electrons. The van der Waals surface area contributed by atoms with Crippen LogP contribution in [0.4, 0.5) is 0 Å². The Bertz CT molecular complexity index is 86.2. The minimum absolute atomic E-state index is 0.753. The molecular formula is C9H16. The average Bonchev–Trinajstić information content (AvgIpc) is 1.91. The van der Waals surface area contributed by atoms with Crippen molar-refractivity contribution in [2.24, 2.45) is 5.92 Å². The lowest BCUT2D eigenvalue weighted by atomic mass is 10.0. The Hall–Kier alpha value is -0.520. The fourth-order valence-corrected chi connectivity index (χ4v) is 0.797. The van der Waals surface area contributed by atoms with E-state index in [1.54, 1.807) is 0 Å². The van der Waals surface area contributed by atoms with Crippen molar-refractivity contribution in [2.75, 3.05) is 0 Å². The Morgan fingerprint density at radius 1 is 1.33 bits per heavy atom. The molecule has 0 aliphatic heterocycles. The van der Waals surface area contributed by atoms with E-state index in [1.807, 2.05) is 12.2 Å². The van der Waals surface area contributed by atoms with E-state index in [9.17, 15) is 0 Å². The van der Waals surface area contributed by atoms with E-state index in [4.69, 9.17) is 0 Å². The maximum atomic E-state index is 3.61. The minimum Gasteiger partial charge on any atom is -0.0991 e. The molecule has 0 aromatic carbocycles. The third-order valence-corrected chi connectivity index (χ3v) is 1.57. The molecule has 0 bridgehead atoms. The third-order valence-electron chi connectivity index (χ3n) is 1.57. The van der Waals surface area contributed by atoms with E-state index in [0.717, 1.165) is 5.92 Å². The zero-order chi connectivity index (χ0) is 7.11. The first-order valence-corrected chi connectivity index (χ1v) is 3.64. The lowest BCUT2D eigenvalue weighted by Gasteiger charge is -2.02. The number of hydrogen-bond acceptors (Lipinski definition) is 0. The molecule has 0 aromatic heterocycles. The zero-order valence-electron chi connectivity index (χ0n) is 6.43. The van der Waals surface area contributed by atoms with Crippen LogP contribution in [0, 0.1) is 5.92 Å². The molecule has 0 aliphatic carbocycles. The fourth-order valence-electron chi connectivity index (χ4n) is 0.797. The van der Waals surface area contributed by atoms with Crippen molar-refractivity contribution in [3.05, 3.63) is 24.8 Å². The monoisotopic (exact) mass is 124 g/mol. The Labute approximate surface area is 58.3 Å². The van der Waals surface area contributed by atoms with Gasteiger partial charge in [0.25, 0.3) is 0 Å². The standard InChI is InChI=1S/C9H16/c1-4-7-8-9(5-2)6-3/h4,7-9H,1,5-6H2,2-3H3/b8-7+. The van der Waals surface area contributed by atoms with Crippen LogP contribution in [0.1, 0.15) is 26.7 Å². The van der Waals surface area contributed by atoms with Gasteiger partial charge in [0, 0.05) is 0 Å². The highest BCUT2D eigenvalue weighted by Crippen LogP contribution is 2.08. The second-order valence-corrected chi connectivity index (χ2v) is 2.20. The third kappa shape index (κ3) is 4.01. The largest absolute Gasteiger partial charge is 0.0991 e. The van der Waals surface area contributed by atoms with Crippen molar-refractivity contribution >= 4 is 0 Å². The Morgan fingerprint density at radius 3 is 2.22 bits per heavy atom. The van der Waals surface area contributed by atoms with E-state index in [0.29, 0.717) is 0 Å². The summed E-state index contributed by atoms with van der Waals surface area (Å²) in [7, 11) is 0. The van der Waals surface area contributed by atoms with Crippen LogP contribution in [0.2, 0.25) is 0 Å². The molecule has 0 aromatic rings. The quantitative estimate of drug-likeness (QED) is 0.505. The summed E-state index contributed by atoms with van der Waals surface area (Å²) in [5.74, 6) is 0.753. The van der Waals surface area contributed by atoms with Crippen LogP contribution >= 0.6 is 0 Å². The predicted octanol–water partition coefficient (Wildman–Crippen LogP) is 3.16. The molecule has 0 heteroatoms. The van der Waals surface area contributed by atoms with Gasteiger partial charge in [0.05, 0.1) is 0 Å². The van der Waals surface area contributed by atoms with Gasteiger partial charge in [-0.05, 0) is 18.8 Å². The number of rotatable bonds is 4. The molecule has 0 rings (SSSR count). The van der Waals surface area contributed by atoms with Gasteiger partial charge in [0.15, 0.2) is 0 Å². The summed E-state index contributed by atoms with van der Waals surface area (Å²) in [6, 6.07) is 0. The number of allylic oxidation sites excluding steroid dienone is 3. The summed E-state index contributed by atoms with van der Waals surface area (Å²) in [4.78, 5) is 0. The summed E-state index contributed by atoms with van der Waals surface area (Å²) >= 11 is 0. The summed E-state index contributed by atoms with van der Waals surface area (Å²) in [6.45, 7) is 8.03. The lowest BCUT2D eigenvalue weighted by molar-refractivity contribution is 0.606. The van der Waals surface area contributed by atoms with E-state index in [2.05, 4.69) is 26.5 Å². The van der Waals surface area contributed by atoms with Gasteiger partial charge < -0.3 is 0 Å². The molecule has 0 fully saturated rings. The van der Waals surface area contributed by atoms with Crippen molar-refractivity contribution in [1.82, 2.24) is 0 Å². The summed E-state index contributed by atoms with van der Waals surface area (Å²) < 4.78 is 0. The molecule has 0 saturated carbocycles. The van der Waals surface area contributed by atoms with Crippen LogP contribution in [0.5, 0.6) is 0 Å². The van der Waals surface area contributed by atoms with Gasteiger partial charge in [0.1, 0.15) is 0 Å². The van der Waals surface area contributed by atoms with Gasteiger partial charge in [-0.25, -0.2) is 0 Å². The van der Waals surface area contributed by atoms with E-state index >= 15 is 0 Å². The first kappa shape index (κ1) is 8.48. The molecule has 0 radical (unpaired) electrons. The van der Waals surface area contributed by atoms with Crippen molar-refractivity contribution in [3.63, 3.8) is 0 Å². The van der Waals surface area contributed by atoms with Crippen LogP contribution in [0.15, 0.2) is 24.8 Å². The molecule has 9 heavy (non-hydrogen) atoms. The molecular weight excluding hydrogens is 108 g/mol. The van der Waals surface area contributed by atoms with Gasteiger partial charge >= 0.3 is 0 Å². The SMILES string of the molecule is C=C/C=C/C(CC)CC. The molecule has 0 N–H and O–H groups in total. The first-order valence-electron chi connectivity index (χ1n) is 3.64. The lowest BCUT2D eigenvalue weighted by Crippen LogP contribution is -1.89. The molecule has 0 heterocycles.